The molecular formula is C18H28N2. The minimum Gasteiger partial charge on any atom is -0.314 e. The van der Waals surface area contributed by atoms with Crippen LogP contribution in [0.15, 0.2) is 30.3 Å². The van der Waals surface area contributed by atoms with E-state index < -0.39 is 0 Å². The number of nitrogens with zero attached hydrogens (tertiary/aromatic N) is 1. The molecule has 1 N–H and O–H groups in total. The molecule has 20 heavy (non-hydrogen) atoms. The van der Waals surface area contributed by atoms with Crippen LogP contribution in [-0.4, -0.2) is 36.1 Å². The summed E-state index contributed by atoms with van der Waals surface area (Å²) in [4.78, 5) is 2.81. The summed E-state index contributed by atoms with van der Waals surface area (Å²) in [5.74, 6) is 0.648. The highest BCUT2D eigenvalue weighted by Crippen LogP contribution is 2.37. The van der Waals surface area contributed by atoms with Crippen LogP contribution in [0.5, 0.6) is 0 Å². The Hall–Kier alpha value is -0.860. The molecule has 0 aliphatic carbocycles. The van der Waals surface area contributed by atoms with Gasteiger partial charge in [-0.2, -0.15) is 0 Å². The summed E-state index contributed by atoms with van der Waals surface area (Å²) in [6.07, 6.45) is 5.53. The monoisotopic (exact) mass is 272 g/mol. The largest absolute Gasteiger partial charge is 0.314 e. The Bertz CT molecular complexity index is 403. The van der Waals surface area contributed by atoms with Gasteiger partial charge in [-0.05, 0) is 43.7 Å². The number of hydrogen-bond acceptors (Lipinski definition) is 2. The molecule has 1 aromatic carbocycles. The second kappa shape index (κ2) is 6.28. The maximum Gasteiger partial charge on any atom is 0.0114 e. The molecule has 3 unspecified atom stereocenters. The smallest absolute Gasteiger partial charge is 0.0114 e. The van der Waals surface area contributed by atoms with Crippen molar-refractivity contribution in [1.82, 2.24) is 10.2 Å². The van der Waals surface area contributed by atoms with Crippen LogP contribution in [0.1, 0.15) is 51.0 Å². The van der Waals surface area contributed by atoms with E-state index in [-0.39, 0.29) is 0 Å². The van der Waals surface area contributed by atoms with Gasteiger partial charge in [0.25, 0.3) is 0 Å². The van der Waals surface area contributed by atoms with Crippen LogP contribution in [0.4, 0.5) is 0 Å². The second-order valence-corrected chi connectivity index (χ2v) is 6.62. The molecular weight excluding hydrogens is 244 g/mol. The van der Waals surface area contributed by atoms with E-state index in [1.165, 1.54) is 37.8 Å². The van der Waals surface area contributed by atoms with Crippen LogP contribution < -0.4 is 5.32 Å². The summed E-state index contributed by atoms with van der Waals surface area (Å²) in [6, 6.07) is 13.4. The normalized spacial score (nSPS) is 31.4. The standard InChI is InChI=1S/C18H28N2/c1-3-19-16-11-17-9-10-18(12-16)20(17)13-14(2)15-7-5-4-6-8-15/h4-8,14,16-19H,3,9-13H2,1-2H3. The molecule has 2 heterocycles. The molecule has 2 aliphatic heterocycles. The maximum absolute atomic E-state index is 3.66. The predicted molar refractivity (Wildman–Crippen MR) is 85.1 cm³/mol. The van der Waals surface area contributed by atoms with Crippen LogP contribution in [0.25, 0.3) is 0 Å². The van der Waals surface area contributed by atoms with Crippen molar-refractivity contribution in [2.45, 2.75) is 63.6 Å². The lowest BCUT2D eigenvalue weighted by molar-refractivity contribution is 0.111. The van der Waals surface area contributed by atoms with Gasteiger partial charge in [-0.15, -0.1) is 0 Å². The highest BCUT2D eigenvalue weighted by atomic mass is 15.2. The van der Waals surface area contributed by atoms with Crippen molar-refractivity contribution >= 4 is 0 Å². The van der Waals surface area contributed by atoms with Crippen molar-refractivity contribution in [3.63, 3.8) is 0 Å². The molecule has 110 valence electrons. The lowest BCUT2D eigenvalue weighted by atomic mass is 9.94. The molecule has 2 heteroatoms. The van der Waals surface area contributed by atoms with Gasteiger partial charge in [-0.3, -0.25) is 4.90 Å². The van der Waals surface area contributed by atoms with Crippen LogP contribution in [0.3, 0.4) is 0 Å². The Morgan fingerprint density at radius 2 is 1.80 bits per heavy atom. The fourth-order valence-corrected chi connectivity index (χ4v) is 4.23. The molecule has 0 saturated carbocycles. The van der Waals surface area contributed by atoms with Crippen LogP contribution in [0.2, 0.25) is 0 Å². The minimum absolute atomic E-state index is 0.648. The van der Waals surface area contributed by atoms with Crippen molar-refractivity contribution in [2.75, 3.05) is 13.1 Å². The molecule has 2 nitrogen and oxygen atoms in total. The maximum atomic E-state index is 3.66. The first-order valence-corrected chi connectivity index (χ1v) is 8.32. The van der Waals surface area contributed by atoms with E-state index in [2.05, 4.69) is 54.4 Å². The lowest BCUT2D eigenvalue weighted by Crippen LogP contribution is -2.50. The molecule has 2 aliphatic rings. The average Bonchev–Trinajstić information content (AvgIpc) is 2.71. The number of rotatable bonds is 5. The zero-order valence-corrected chi connectivity index (χ0v) is 12.9. The number of hydrogen-bond donors (Lipinski definition) is 1. The van der Waals surface area contributed by atoms with Gasteiger partial charge in [0.05, 0.1) is 0 Å². The highest BCUT2D eigenvalue weighted by molar-refractivity contribution is 5.19. The third kappa shape index (κ3) is 2.91. The topological polar surface area (TPSA) is 15.3 Å². The quantitative estimate of drug-likeness (QED) is 0.884. The molecule has 1 aromatic rings. The third-order valence-corrected chi connectivity index (χ3v) is 5.23. The van der Waals surface area contributed by atoms with Gasteiger partial charge in [-0.1, -0.05) is 44.2 Å². The molecule has 0 amide bonds. The number of nitrogens with one attached hydrogen (secondary N) is 1. The SMILES string of the molecule is CCNC1CC2CCC(C1)N2CC(C)c1ccccc1. The number of piperidine rings is 1. The zero-order valence-electron chi connectivity index (χ0n) is 12.9. The lowest BCUT2D eigenvalue weighted by Gasteiger charge is -2.40. The number of benzene rings is 1. The molecule has 3 rings (SSSR count). The van der Waals surface area contributed by atoms with Crippen LogP contribution in [-0.2, 0) is 0 Å². The van der Waals surface area contributed by atoms with E-state index in [0.717, 1.165) is 24.7 Å². The first kappa shape index (κ1) is 14.1. The van der Waals surface area contributed by atoms with Crippen LogP contribution >= 0.6 is 0 Å². The molecule has 0 aromatic heterocycles. The summed E-state index contributed by atoms with van der Waals surface area (Å²) in [5.41, 5.74) is 1.49. The fourth-order valence-electron chi connectivity index (χ4n) is 4.23. The summed E-state index contributed by atoms with van der Waals surface area (Å²) in [6.45, 7) is 6.96. The van der Waals surface area contributed by atoms with Crippen molar-refractivity contribution in [3.8, 4) is 0 Å². The average molecular weight is 272 g/mol. The molecule has 2 fully saturated rings. The Morgan fingerprint density at radius 1 is 1.15 bits per heavy atom. The summed E-state index contributed by atoms with van der Waals surface area (Å²) in [5, 5.41) is 3.66. The summed E-state index contributed by atoms with van der Waals surface area (Å²) in [7, 11) is 0. The Balaban J connectivity index is 1.62. The van der Waals surface area contributed by atoms with E-state index >= 15 is 0 Å². The molecule has 2 bridgehead atoms. The number of fused-ring (bicyclic) bond motifs is 2. The first-order chi connectivity index (χ1) is 9.78. The van der Waals surface area contributed by atoms with Gasteiger partial charge < -0.3 is 5.32 Å². The van der Waals surface area contributed by atoms with Gasteiger partial charge in [0, 0.05) is 24.7 Å². The van der Waals surface area contributed by atoms with Crippen molar-refractivity contribution in [3.05, 3.63) is 35.9 Å². The fraction of sp³-hybridized carbons (Fsp3) is 0.667. The zero-order chi connectivity index (χ0) is 13.9. The van der Waals surface area contributed by atoms with Gasteiger partial charge >= 0.3 is 0 Å². The van der Waals surface area contributed by atoms with Gasteiger partial charge in [-0.25, -0.2) is 0 Å². The van der Waals surface area contributed by atoms with Gasteiger partial charge in [0.1, 0.15) is 0 Å². The van der Waals surface area contributed by atoms with E-state index in [0.29, 0.717) is 5.92 Å². The van der Waals surface area contributed by atoms with Crippen molar-refractivity contribution in [2.24, 2.45) is 0 Å². The second-order valence-electron chi connectivity index (χ2n) is 6.62. The highest BCUT2D eigenvalue weighted by Gasteiger charge is 2.40. The van der Waals surface area contributed by atoms with E-state index in [9.17, 15) is 0 Å². The van der Waals surface area contributed by atoms with Gasteiger partial charge in [0.2, 0.25) is 0 Å². The first-order valence-electron chi connectivity index (χ1n) is 8.32. The van der Waals surface area contributed by atoms with E-state index in [1.54, 1.807) is 0 Å². The molecule has 2 saturated heterocycles. The Kier molecular flexibility index (Phi) is 4.42. The molecule has 3 atom stereocenters. The molecule has 0 radical (unpaired) electrons. The Morgan fingerprint density at radius 3 is 2.40 bits per heavy atom. The third-order valence-electron chi connectivity index (χ3n) is 5.23. The van der Waals surface area contributed by atoms with E-state index in [4.69, 9.17) is 0 Å². The minimum atomic E-state index is 0.648. The van der Waals surface area contributed by atoms with Gasteiger partial charge in [0.15, 0.2) is 0 Å². The van der Waals surface area contributed by atoms with Crippen LogP contribution in [0, 0.1) is 0 Å². The van der Waals surface area contributed by atoms with Crippen molar-refractivity contribution < 1.29 is 0 Å². The van der Waals surface area contributed by atoms with Crippen molar-refractivity contribution in [1.29, 1.82) is 0 Å². The predicted octanol–water partition coefficient (Wildman–Crippen LogP) is 3.40. The summed E-state index contributed by atoms with van der Waals surface area (Å²) >= 11 is 0. The van der Waals surface area contributed by atoms with E-state index in [1.807, 2.05) is 0 Å². The Labute approximate surface area is 123 Å². The summed E-state index contributed by atoms with van der Waals surface area (Å²) < 4.78 is 0. The molecule has 0 spiro atoms.